The smallest absolute Gasteiger partial charge is 0.0541 e. The molecule has 18 heavy (non-hydrogen) atoms. The van der Waals surface area contributed by atoms with E-state index < -0.39 is 0 Å². The fourth-order valence-corrected chi connectivity index (χ4v) is 1.91. The van der Waals surface area contributed by atoms with E-state index in [-0.39, 0.29) is 0 Å². The molecule has 1 aromatic heterocycles. The summed E-state index contributed by atoms with van der Waals surface area (Å²) in [6, 6.07) is 17.2. The van der Waals surface area contributed by atoms with Gasteiger partial charge in [-0.3, -0.25) is 4.98 Å². The minimum absolute atomic E-state index is 0.507. The lowest BCUT2D eigenvalue weighted by molar-refractivity contribution is 0.510. The van der Waals surface area contributed by atoms with Crippen LogP contribution in [-0.2, 0) is 13.0 Å². The molecule has 2 aromatic rings. The Kier molecular flexibility index (Phi) is 4.91. The Morgan fingerprint density at radius 1 is 1.06 bits per heavy atom. The van der Waals surface area contributed by atoms with Crippen molar-refractivity contribution in [3.63, 3.8) is 0 Å². The second-order valence-electron chi connectivity index (χ2n) is 4.63. The van der Waals surface area contributed by atoms with Crippen molar-refractivity contribution in [3.05, 3.63) is 66.0 Å². The van der Waals surface area contributed by atoms with Crippen molar-refractivity contribution in [1.29, 1.82) is 0 Å². The summed E-state index contributed by atoms with van der Waals surface area (Å²) in [6.07, 6.45) is 4.11. The van der Waals surface area contributed by atoms with E-state index >= 15 is 0 Å². The molecule has 0 aliphatic carbocycles. The molecular formula is C16H20N2. The van der Waals surface area contributed by atoms with Gasteiger partial charge < -0.3 is 5.32 Å². The summed E-state index contributed by atoms with van der Waals surface area (Å²) < 4.78 is 0. The second-order valence-corrected chi connectivity index (χ2v) is 4.63. The summed E-state index contributed by atoms with van der Waals surface area (Å²) in [5.41, 5.74) is 2.51. The zero-order chi connectivity index (χ0) is 12.6. The molecule has 0 amide bonds. The molecular weight excluding hydrogens is 220 g/mol. The van der Waals surface area contributed by atoms with E-state index in [1.54, 1.807) is 0 Å². The molecule has 0 unspecified atom stereocenters. The number of aromatic nitrogens is 1. The quantitative estimate of drug-likeness (QED) is 0.838. The van der Waals surface area contributed by atoms with E-state index in [1.807, 2.05) is 18.3 Å². The molecule has 94 valence electrons. The lowest BCUT2D eigenvalue weighted by atomic mass is 10.1. The molecule has 0 aliphatic rings. The molecule has 1 N–H and O–H groups in total. The van der Waals surface area contributed by atoms with Crippen molar-refractivity contribution in [2.24, 2.45) is 0 Å². The highest BCUT2D eigenvalue weighted by Gasteiger charge is 2.02. The minimum atomic E-state index is 0.507. The van der Waals surface area contributed by atoms with Crippen molar-refractivity contribution >= 4 is 0 Å². The molecule has 0 bridgehead atoms. The molecule has 2 nitrogen and oxygen atoms in total. The van der Waals surface area contributed by atoms with Crippen LogP contribution < -0.4 is 5.32 Å². The minimum Gasteiger partial charge on any atom is -0.309 e. The lowest BCUT2D eigenvalue weighted by Gasteiger charge is -2.13. The van der Waals surface area contributed by atoms with Gasteiger partial charge in [-0.25, -0.2) is 0 Å². The molecule has 0 aliphatic heterocycles. The second kappa shape index (κ2) is 6.92. The van der Waals surface area contributed by atoms with Crippen molar-refractivity contribution in [2.75, 3.05) is 0 Å². The van der Waals surface area contributed by atoms with Crippen LogP contribution in [0.1, 0.15) is 24.6 Å². The first-order valence-corrected chi connectivity index (χ1v) is 6.52. The van der Waals surface area contributed by atoms with Crippen molar-refractivity contribution in [3.8, 4) is 0 Å². The molecule has 1 atom stereocenters. The van der Waals surface area contributed by atoms with Gasteiger partial charge in [-0.1, -0.05) is 36.4 Å². The van der Waals surface area contributed by atoms with Gasteiger partial charge in [0.15, 0.2) is 0 Å². The highest BCUT2D eigenvalue weighted by Crippen LogP contribution is 2.05. The maximum Gasteiger partial charge on any atom is 0.0541 e. The van der Waals surface area contributed by atoms with Crippen LogP contribution in [0.2, 0.25) is 0 Å². The lowest BCUT2D eigenvalue weighted by Crippen LogP contribution is -2.26. The average Bonchev–Trinajstić information content (AvgIpc) is 2.45. The fourth-order valence-electron chi connectivity index (χ4n) is 1.91. The Balaban J connectivity index is 1.71. The predicted molar refractivity (Wildman–Crippen MR) is 75.3 cm³/mol. The number of pyridine rings is 1. The molecule has 0 saturated heterocycles. The summed E-state index contributed by atoms with van der Waals surface area (Å²) in [4.78, 5) is 4.31. The van der Waals surface area contributed by atoms with Crippen molar-refractivity contribution < 1.29 is 0 Å². The summed E-state index contributed by atoms with van der Waals surface area (Å²) in [5, 5.41) is 3.51. The van der Waals surface area contributed by atoms with E-state index in [2.05, 4.69) is 53.6 Å². The third-order valence-electron chi connectivity index (χ3n) is 3.07. The van der Waals surface area contributed by atoms with Crippen LogP contribution in [0, 0.1) is 0 Å². The molecule has 0 spiro atoms. The Morgan fingerprint density at radius 2 is 1.83 bits per heavy atom. The zero-order valence-electron chi connectivity index (χ0n) is 10.8. The normalized spacial score (nSPS) is 12.3. The number of aryl methyl sites for hydroxylation is 1. The number of rotatable bonds is 6. The van der Waals surface area contributed by atoms with Gasteiger partial charge in [-0.05, 0) is 37.5 Å². The van der Waals surface area contributed by atoms with Gasteiger partial charge in [0, 0.05) is 18.8 Å². The Bertz CT molecular complexity index is 396. The van der Waals surface area contributed by atoms with E-state index in [0.29, 0.717) is 6.04 Å². The van der Waals surface area contributed by atoms with Gasteiger partial charge >= 0.3 is 0 Å². The molecule has 0 saturated carbocycles. The van der Waals surface area contributed by atoms with Crippen LogP contribution in [0.5, 0.6) is 0 Å². The van der Waals surface area contributed by atoms with Crippen LogP contribution in [0.3, 0.4) is 0 Å². The van der Waals surface area contributed by atoms with E-state index in [1.165, 1.54) is 5.56 Å². The van der Waals surface area contributed by atoms with Crippen molar-refractivity contribution in [1.82, 2.24) is 10.3 Å². The molecule has 2 rings (SSSR count). The summed E-state index contributed by atoms with van der Waals surface area (Å²) >= 11 is 0. The van der Waals surface area contributed by atoms with Gasteiger partial charge in [0.2, 0.25) is 0 Å². The average molecular weight is 240 g/mol. The number of hydrogen-bond donors (Lipinski definition) is 1. The first kappa shape index (κ1) is 12.8. The monoisotopic (exact) mass is 240 g/mol. The van der Waals surface area contributed by atoms with Crippen LogP contribution in [0.25, 0.3) is 0 Å². The van der Waals surface area contributed by atoms with Gasteiger partial charge in [-0.15, -0.1) is 0 Å². The highest BCUT2D eigenvalue weighted by molar-refractivity contribution is 5.14. The van der Waals surface area contributed by atoms with Crippen molar-refractivity contribution in [2.45, 2.75) is 32.4 Å². The van der Waals surface area contributed by atoms with Gasteiger partial charge in [0.25, 0.3) is 0 Å². The Hall–Kier alpha value is -1.67. The Morgan fingerprint density at radius 3 is 2.56 bits per heavy atom. The maximum absolute atomic E-state index is 4.31. The van der Waals surface area contributed by atoms with E-state index in [4.69, 9.17) is 0 Å². The summed E-state index contributed by atoms with van der Waals surface area (Å²) in [6.45, 7) is 3.07. The third-order valence-corrected chi connectivity index (χ3v) is 3.07. The van der Waals surface area contributed by atoms with Gasteiger partial charge in [0.1, 0.15) is 0 Å². The zero-order valence-corrected chi connectivity index (χ0v) is 10.8. The topological polar surface area (TPSA) is 24.9 Å². The molecule has 2 heteroatoms. The molecule has 0 fully saturated rings. The first-order chi connectivity index (χ1) is 8.84. The van der Waals surface area contributed by atoms with Crippen LogP contribution in [0.15, 0.2) is 54.7 Å². The van der Waals surface area contributed by atoms with E-state index in [0.717, 1.165) is 25.1 Å². The first-order valence-electron chi connectivity index (χ1n) is 6.52. The fraction of sp³-hybridized carbons (Fsp3) is 0.312. The third kappa shape index (κ3) is 4.30. The number of benzene rings is 1. The predicted octanol–water partition coefficient (Wildman–Crippen LogP) is 3.19. The van der Waals surface area contributed by atoms with E-state index in [9.17, 15) is 0 Å². The molecule has 0 radical (unpaired) electrons. The number of nitrogens with zero attached hydrogens (tertiary/aromatic N) is 1. The van der Waals surface area contributed by atoms with Crippen LogP contribution in [-0.4, -0.2) is 11.0 Å². The van der Waals surface area contributed by atoms with Crippen LogP contribution >= 0.6 is 0 Å². The van der Waals surface area contributed by atoms with Gasteiger partial charge in [-0.2, -0.15) is 0 Å². The summed E-state index contributed by atoms with van der Waals surface area (Å²) in [7, 11) is 0. The SMILES string of the molecule is C[C@@H](CCc1ccccc1)NCc1ccccn1. The summed E-state index contributed by atoms with van der Waals surface area (Å²) in [5.74, 6) is 0. The van der Waals surface area contributed by atoms with Crippen LogP contribution in [0.4, 0.5) is 0 Å². The van der Waals surface area contributed by atoms with Gasteiger partial charge in [0.05, 0.1) is 5.69 Å². The molecule has 1 heterocycles. The highest BCUT2D eigenvalue weighted by atomic mass is 14.9. The molecule has 1 aromatic carbocycles. The maximum atomic E-state index is 4.31. The Labute approximate surface area is 109 Å². The number of hydrogen-bond acceptors (Lipinski definition) is 2. The number of nitrogens with one attached hydrogen (secondary N) is 1. The standard InChI is InChI=1S/C16H20N2/c1-14(10-11-15-7-3-2-4-8-15)18-13-16-9-5-6-12-17-16/h2-9,12,14,18H,10-11,13H2,1H3/t14-/m0/s1. The largest absolute Gasteiger partial charge is 0.309 e.